The maximum atomic E-state index is 2.30. The molecule has 46 heavy (non-hydrogen) atoms. The largest absolute Gasteiger partial charge is 0.0622 e. The normalized spacial score (nSPS) is 11.0. The van der Waals surface area contributed by atoms with E-state index in [4.69, 9.17) is 0 Å². The van der Waals surface area contributed by atoms with Gasteiger partial charge in [0.15, 0.2) is 0 Å². The third-order valence-electron chi connectivity index (χ3n) is 8.89. The molecular formula is C46H32. The lowest BCUT2D eigenvalue weighted by Crippen LogP contribution is -1.92. The Hall–Kier alpha value is -5.98. The summed E-state index contributed by atoms with van der Waals surface area (Å²) < 4.78 is 0. The first kappa shape index (κ1) is 27.6. The summed E-state index contributed by atoms with van der Waals surface area (Å²) in [7, 11) is 0. The number of benzene rings is 8. The Morgan fingerprint density at radius 3 is 1.24 bits per heavy atom. The van der Waals surface area contributed by atoms with Crippen molar-refractivity contribution in [3.05, 3.63) is 205 Å². The number of fused-ring (bicyclic) bond motifs is 2. The summed E-state index contributed by atoms with van der Waals surface area (Å²) >= 11 is 0. The van der Waals surface area contributed by atoms with Gasteiger partial charge in [-0.15, -0.1) is 0 Å². The molecule has 0 nitrogen and oxygen atoms in total. The molecule has 0 radical (unpaired) electrons. The molecule has 0 aliphatic heterocycles. The SMILES string of the molecule is C(=C(c1ccccc1)c1ccccc1)c1ccc(-c2c3ccccc3c(-c3ccccc3-c3ccccc3)c3ccccc23)cc1. The minimum absolute atomic E-state index is 1.17. The zero-order valence-corrected chi connectivity index (χ0v) is 25.5. The van der Waals surface area contributed by atoms with Gasteiger partial charge in [-0.05, 0) is 83.3 Å². The van der Waals surface area contributed by atoms with Crippen LogP contribution in [-0.2, 0) is 0 Å². The van der Waals surface area contributed by atoms with Crippen LogP contribution in [0.25, 0.3) is 66.6 Å². The van der Waals surface area contributed by atoms with Gasteiger partial charge < -0.3 is 0 Å². The topological polar surface area (TPSA) is 0 Å². The average Bonchev–Trinajstić information content (AvgIpc) is 3.14. The molecule has 0 aromatic heterocycles. The minimum atomic E-state index is 1.17. The van der Waals surface area contributed by atoms with Crippen LogP contribution >= 0.6 is 0 Å². The lowest BCUT2D eigenvalue weighted by atomic mass is 9.84. The highest BCUT2D eigenvalue weighted by Gasteiger charge is 2.18. The van der Waals surface area contributed by atoms with Crippen molar-refractivity contribution in [2.24, 2.45) is 0 Å². The second-order valence-electron chi connectivity index (χ2n) is 11.7. The Morgan fingerprint density at radius 2 is 0.717 bits per heavy atom. The van der Waals surface area contributed by atoms with Crippen molar-refractivity contribution in [3.8, 4) is 33.4 Å². The van der Waals surface area contributed by atoms with Crippen molar-refractivity contribution in [1.82, 2.24) is 0 Å². The number of rotatable bonds is 6. The molecule has 0 saturated heterocycles. The van der Waals surface area contributed by atoms with Gasteiger partial charge in [0.2, 0.25) is 0 Å². The smallest absolute Gasteiger partial charge is 0.00201 e. The van der Waals surface area contributed by atoms with E-state index in [0.29, 0.717) is 0 Å². The lowest BCUT2D eigenvalue weighted by molar-refractivity contribution is 1.55. The van der Waals surface area contributed by atoms with Gasteiger partial charge in [-0.1, -0.05) is 188 Å². The molecule has 0 atom stereocenters. The maximum Gasteiger partial charge on any atom is -0.00201 e. The third kappa shape index (κ3) is 5.11. The van der Waals surface area contributed by atoms with E-state index in [1.807, 2.05) is 0 Å². The summed E-state index contributed by atoms with van der Waals surface area (Å²) in [6, 6.07) is 67.7. The summed E-state index contributed by atoms with van der Waals surface area (Å²) in [6.45, 7) is 0. The fraction of sp³-hybridized carbons (Fsp3) is 0. The quantitative estimate of drug-likeness (QED) is 0.135. The van der Waals surface area contributed by atoms with Gasteiger partial charge in [0.05, 0.1) is 0 Å². The molecule has 8 aromatic rings. The van der Waals surface area contributed by atoms with Crippen molar-refractivity contribution in [1.29, 1.82) is 0 Å². The molecule has 0 saturated carbocycles. The highest BCUT2D eigenvalue weighted by atomic mass is 14.2. The average molecular weight is 585 g/mol. The molecule has 0 amide bonds. The first-order chi connectivity index (χ1) is 22.8. The molecule has 8 rings (SSSR count). The van der Waals surface area contributed by atoms with Crippen LogP contribution in [0.15, 0.2) is 188 Å². The summed E-state index contributed by atoms with van der Waals surface area (Å²) in [6.07, 6.45) is 2.30. The van der Waals surface area contributed by atoms with E-state index in [1.54, 1.807) is 0 Å². The second-order valence-corrected chi connectivity index (χ2v) is 11.7. The Balaban J connectivity index is 1.31. The summed E-state index contributed by atoms with van der Waals surface area (Å²) in [4.78, 5) is 0. The molecule has 0 aliphatic carbocycles. The predicted octanol–water partition coefficient (Wildman–Crippen LogP) is 12.6. The molecule has 0 aliphatic rings. The molecular weight excluding hydrogens is 553 g/mol. The van der Waals surface area contributed by atoms with Crippen LogP contribution in [-0.4, -0.2) is 0 Å². The summed E-state index contributed by atoms with van der Waals surface area (Å²) in [5.41, 5.74) is 12.3. The molecule has 216 valence electrons. The van der Waals surface area contributed by atoms with E-state index in [2.05, 4.69) is 194 Å². The van der Waals surface area contributed by atoms with Crippen LogP contribution in [0.1, 0.15) is 16.7 Å². The van der Waals surface area contributed by atoms with Crippen molar-refractivity contribution >= 4 is 33.2 Å². The molecule has 0 spiro atoms. The molecule has 0 heteroatoms. The van der Waals surface area contributed by atoms with Crippen molar-refractivity contribution < 1.29 is 0 Å². The van der Waals surface area contributed by atoms with Crippen LogP contribution < -0.4 is 0 Å². The van der Waals surface area contributed by atoms with E-state index in [9.17, 15) is 0 Å². The Morgan fingerprint density at radius 1 is 0.304 bits per heavy atom. The van der Waals surface area contributed by atoms with Gasteiger partial charge in [-0.2, -0.15) is 0 Å². The monoisotopic (exact) mass is 584 g/mol. The van der Waals surface area contributed by atoms with Gasteiger partial charge in [-0.25, -0.2) is 0 Å². The fourth-order valence-corrected chi connectivity index (χ4v) is 6.78. The highest BCUT2D eigenvalue weighted by molar-refractivity contribution is 6.22. The lowest BCUT2D eigenvalue weighted by Gasteiger charge is -2.19. The summed E-state index contributed by atoms with van der Waals surface area (Å²) in [5, 5.41) is 5.05. The Bertz CT molecular complexity index is 2210. The summed E-state index contributed by atoms with van der Waals surface area (Å²) in [5.74, 6) is 0. The van der Waals surface area contributed by atoms with Crippen molar-refractivity contribution in [3.63, 3.8) is 0 Å². The Labute approximate surface area is 270 Å². The first-order valence-electron chi connectivity index (χ1n) is 15.9. The molecule has 0 fully saturated rings. The molecule has 0 heterocycles. The van der Waals surface area contributed by atoms with Gasteiger partial charge in [0.25, 0.3) is 0 Å². The van der Waals surface area contributed by atoms with Crippen LogP contribution in [0.4, 0.5) is 0 Å². The molecule has 0 N–H and O–H groups in total. The van der Waals surface area contributed by atoms with Gasteiger partial charge in [-0.3, -0.25) is 0 Å². The van der Waals surface area contributed by atoms with Gasteiger partial charge >= 0.3 is 0 Å². The molecule has 0 unspecified atom stereocenters. The van der Waals surface area contributed by atoms with Crippen LogP contribution in [0, 0.1) is 0 Å². The van der Waals surface area contributed by atoms with Crippen LogP contribution in [0.3, 0.4) is 0 Å². The van der Waals surface area contributed by atoms with Gasteiger partial charge in [0, 0.05) is 0 Å². The van der Waals surface area contributed by atoms with E-state index < -0.39 is 0 Å². The standard InChI is InChI=1S/C46H32/c1-4-16-34(17-5-1)38-22-10-11-23-39(38)46-42-26-14-12-24-40(42)45(41-25-13-15-27-43(41)46)37-30-28-33(29-31-37)32-44(35-18-6-2-7-19-35)36-20-8-3-9-21-36/h1-32H. The van der Waals surface area contributed by atoms with E-state index >= 15 is 0 Å². The predicted molar refractivity (Wildman–Crippen MR) is 198 cm³/mol. The third-order valence-corrected chi connectivity index (χ3v) is 8.89. The number of hydrogen-bond donors (Lipinski definition) is 0. The number of hydrogen-bond acceptors (Lipinski definition) is 0. The van der Waals surface area contributed by atoms with Crippen molar-refractivity contribution in [2.75, 3.05) is 0 Å². The second kappa shape index (κ2) is 12.2. The van der Waals surface area contributed by atoms with E-state index in [1.165, 1.54) is 77.2 Å². The van der Waals surface area contributed by atoms with Crippen LogP contribution in [0.5, 0.6) is 0 Å². The fourth-order valence-electron chi connectivity index (χ4n) is 6.78. The first-order valence-corrected chi connectivity index (χ1v) is 15.9. The zero-order valence-electron chi connectivity index (χ0n) is 25.5. The molecule has 8 aromatic carbocycles. The van der Waals surface area contributed by atoms with Gasteiger partial charge in [0.1, 0.15) is 0 Å². The van der Waals surface area contributed by atoms with Crippen LogP contribution in [0.2, 0.25) is 0 Å². The highest BCUT2D eigenvalue weighted by Crippen LogP contribution is 2.46. The van der Waals surface area contributed by atoms with E-state index in [-0.39, 0.29) is 0 Å². The minimum Gasteiger partial charge on any atom is -0.0622 e. The van der Waals surface area contributed by atoms with Crippen molar-refractivity contribution in [2.45, 2.75) is 0 Å². The maximum absolute atomic E-state index is 2.30. The zero-order chi connectivity index (χ0) is 30.7. The Kier molecular flexibility index (Phi) is 7.30. The van der Waals surface area contributed by atoms with E-state index in [0.717, 1.165) is 0 Å². The molecule has 0 bridgehead atoms.